The van der Waals surface area contributed by atoms with Gasteiger partial charge in [-0.25, -0.2) is 0 Å². The van der Waals surface area contributed by atoms with Crippen LogP contribution in [-0.2, 0) is 4.79 Å². The predicted molar refractivity (Wildman–Crippen MR) is 93.3 cm³/mol. The van der Waals surface area contributed by atoms with Crippen LogP contribution in [0, 0.1) is 40.4 Å². The molecule has 3 nitrogen and oxygen atoms in total. The molecule has 0 heterocycles. The third-order valence-electron chi connectivity index (χ3n) is 9.24. The molecule has 0 radical (unpaired) electrons. The number of hydrogen-bond acceptors (Lipinski definition) is 3. The fourth-order valence-electron chi connectivity index (χ4n) is 7.86. The van der Waals surface area contributed by atoms with Crippen LogP contribution in [0.1, 0.15) is 72.1 Å². The van der Waals surface area contributed by atoms with Crippen LogP contribution in [0.4, 0.5) is 0 Å². The maximum Gasteiger partial charge on any atom is 0.133 e. The van der Waals surface area contributed by atoms with Gasteiger partial charge in [0.1, 0.15) is 5.78 Å². The number of aliphatic hydroxyl groups is 2. The van der Waals surface area contributed by atoms with Crippen molar-refractivity contribution >= 4 is 5.78 Å². The minimum Gasteiger partial charge on any atom is -0.393 e. The monoisotopic (exact) mass is 334 g/mol. The maximum atomic E-state index is 12.2. The van der Waals surface area contributed by atoms with Gasteiger partial charge in [0.25, 0.3) is 0 Å². The van der Waals surface area contributed by atoms with Crippen molar-refractivity contribution in [2.75, 3.05) is 0 Å². The van der Waals surface area contributed by atoms with Crippen LogP contribution < -0.4 is 0 Å². The summed E-state index contributed by atoms with van der Waals surface area (Å²) in [5, 5.41) is 21.3. The smallest absolute Gasteiger partial charge is 0.133 e. The van der Waals surface area contributed by atoms with Gasteiger partial charge < -0.3 is 10.2 Å². The highest BCUT2D eigenvalue weighted by Gasteiger charge is 2.63. The van der Waals surface area contributed by atoms with Crippen molar-refractivity contribution in [1.82, 2.24) is 0 Å². The van der Waals surface area contributed by atoms with E-state index < -0.39 is 0 Å². The highest BCUT2D eigenvalue weighted by molar-refractivity contribution is 5.79. The van der Waals surface area contributed by atoms with Gasteiger partial charge in [-0.3, -0.25) is 4.79 Å². The Morgan fingerprint density at radius 1 is 0.958 bits per heavy atom. The molecule has 0 unspecified atom stereocenters. The van der Waals surface area contributed by atoms with Crippen molar-refractivity contribution in [2.45, 2.75) is 84.3 Å². The first-order chi connectivity index (χ1) is 11.3. The summed E-state index contributed by atoms with van der Waals surface area (Å²) in [6, 6.07) is 0. The highest BCUT2D eigenvalue weighted by Crippen LogP contribution is 2.67. The zero-order valence-electron chi connectivity index (χ0n) is 15.5. The topological polar surface area (TPSA) is 57.5 Å². The number of Topliss-reactive ketones (excluding diaryl/α,β-unsaturated/α-hetero) is 1. The minimum atomic E-state index is -0.345. The summed E-state index contributed by atoms with van der Waals surface area (Å²) in [5.41, 5.74) is 0.0726. The molecular weight excluding hydrogens is 300 g/mol. The number of aliphatic hydroxyl groups excluding tert-OH is 2. The molecule has 136 valence electrons. The summed E-state index contributed by atoms with van der Waals surface area (Å²) >= 11 is 0. The Bertz CT molecular complexity index is 531. The van der Waals surface area contributed by atoms with Crippen LogP contribution in [0.5, 0.6) is 0 Å². The lowest BCUT2D eigenvalue weighted by molar-refractivity contribution is -0.173. The Labute approximate surface area is 146 Å². The molecule has 9 atom stereocenters. The Morgan fingerprint density at radius 2 is 1.71 bits per heavy atom. The van der Waals surface area contributed by atoms with Gasteiger partial charge in [-0.1, -0.05) is 13.8 Å². The molecule has 0 saturated heterocycles. The van der Waals surface area contributed by atoms with Crippen molar-refractivity contribution in [3.8, 4) is 0 Å². The second-order valence-electron chi connectivity index (χ2n) is 9.94. The first-order valence-electron chi connectivity index (χ1n) is 10.1. The fourth-order valence-corrected chi connectivity index (χ4v) is 7.86. The van der Waals surface area contributed by atoms with Gasteiger partial charge in [-0.15, -0.1) is 0 Å². The highest BCUT2D eigenvalue weighted by atomic mass is 16.3. The van der Waals surface area contributed by atoms with Crippen LogP contribution in [0.15, 0.2) is 0 Å². The standard InChI is InChI=1S/C21H34O3/c1-12(22)16-6-7-17-15-5-4-13-10-14(23)8-9-20(13,2)18(15)11-19(24)21(16,17)3/h13-19,23-24H,4-11H2,1-3H3/t13-,14-,15+,16+,17+,18-,19+,20-,21+/m0/s1. The zero-order valence-corrected chi connectivity index (χ0v) is 15.5. The van der Waals surface area contributed by atoms with E-state index >= 15 is 0 Å². The van der Waals surface area contributed by atoms with E-state index in [1.807, 2.05) is 0 Å². The maximum absolute atomic E-state index is 12.2. The van der Waals surface area contributed by atoms with E-state index in [9.17, 15) is 15.0 Å². The van der Waals surface area contributed by atoms with E-state index in [0.29, 0.717) is 23.7 Å². The van der Waals surface area contributed by atoms with Crippen molar-refractivity contribution in [3.63, 3.8) is 0 Å². The van der Waals surface area contributed by atoms with E-state index in [1.165, 1.54) is 12.8 Å². The van der Waals surface area contributed by atoms with Crippen molar-refractivity contribution in [3.05, 3.63) is 0 Å². The van der Waals surface area contributed by atoms with Crippen LogP contribution >= 0.6 is 0 Å². The van der Waals surface area contributed by atoms with E-state index in [0.717, 1.165) is 38.5 Å². The lowest BCUT2D eigenvalue weighted by Gasteiger charge is -2.62. The molecule has 0 aliphatic heterocycles. The Kier molecular flexibility index (Phi) is 3.93. The van der Waals surface area contributed by atoms with Crippen LogP contribution in [0.2, 0.25) is 0 Å². The second kappa shape index (κ2) is 5.54. The Hall–Kier alpha value is -0.410. The van der Waals surface area contributed by atoms with Crippen molar-refractivity contribution in [1.29, 1.82) is 0 Å². The summed E-state index contributed by atoms with van der Waals surface area (Å²) in [7, 11) is 0. The van der Waals surface area contributed by atoms with Crippen LogP contribution in [0.25, 0.3) is 0 Å². The van der Waals surface area contributed by atoms with Gasteiger partial charge >= 0.3 is 0 Å². The average Bonchev–Trinajstić information content (AvgIpc) is 2.88. The molecule has 24 heavy (non-hydrogen) atoms. The lowest BCUT2D eigenvalue weighted by Crippen LogP contribution is -2.58. The zero-order chi connectivity index (χ0) is 17.3. The molecule has 4 saturated carbocycles. The van der Waals surface area contributed by atoms with Gasteiger partial charge in [0.05, 0.1) is 12.2 Å². The van der Waals surface area contributed by atoms with E-state index in [4.69, 9.17) is 0 Å². The quantitative estimate of drug-likeness (QED) is 0.771. The number of fused-ring (bicyclic) bond motifs is 5. The summed E-state index contributed by atoms with van der Waals surface area (Å²) in [5.74, 6) is 2.69. The SMILES string of the molecule is CC(=O)[C@H]1CC[C@@H]2[C@H]3CC[C@H]4C[C@@H](O)CC[C@]4(C)[C@H]3C[C@@H](O)[C@]12C. The van der Waals surface area contributed by atoms with E-state index in [-0.39, 0.29) is 34.7 Å². The largest absolute Gasteiger partial charge is 0.393 e. The van der Waals surface area contributed by atoms with Crippen LogP contribution in [-0.4, -0.2) is 28.2 Å². The normalized spacial score (nSPS) is 57.0. The molecule has 4 fully saturated rings. The summed E-state index contributed by atoms with van der Waals surface area (Å²) in [6.45, 7) is 6.36. The average molecular weight is 335 g/mol. The van der Waals surface area contributed by atoms with Crippen LogP contribution in [0.3, 0.4) is 0 Å². The molecule has 4 aliphatic carbocycles. The number of ketones is 1. The molecule has 0 aromatic heterocycles. The lowest BCUT2D eigenvalue weighted by atomic mass is 9.44. The van der Waals surface area contributed by atoms with Gasteiger partial charge in [0, 0.05) is 11.3 Å². The van der Waals surface area contributed by atoms with Gasteiger partial charge in [-0.05, 0) is 87.4 Å². The minimum absolute atomic E-state index is 0.0529. The Balaban J connectivity index is 1.66. The molecular formula is C21H34O3. The molecule has 0 aromatic carbocycles. The first-order valence-corrected chi connectivity index (χ1v) is 10.1. The third-order valence-corrected chi connectivity index (χ3v) is 9.24. The molecule has 2 N–H and O–H groups in total. The van der Waals surface area contributed by atoms with Gasteiger partial charge in [0.2, 0.25) is 0 Å². The predicted octanol–water partition coefficient (Wildman–Crippen LogP) is 3.57. The summed E-state index contributed by atoms with van der Waals surface area (Å²) in [4.78, 5) is 12.2. The fraction of sp³-hybridized carbons (Fsp3) is 0.952. The van der Waals surface area contributed by atoms with Crippen molar-refractivity contribution < 1.29 is 15.0 Å². The van der Waals surface area contributed by atoms with E-state index in [2.05, 4.69) is 13.8 Å². The summed E-state index contributed by atoms with van der Waals surface area (Å²) < 4.78 is 0. The molecule has 4 aliphatic rings. The Morgan fingerprint density at radius 3 is 2.42 bits per heavy atom. The number of carbonyl (C=O) groups is 1. The third kappa shape index (κ3) is 2.13. The van der Waals surface area contributed by atoms with E-state index in [1.54, 1.807) is 6.92 Å². The number of hydrogen-bond donors (Lipinski definition) is 2. The second-order valence-corrected chi connectivity index (χ2v) is 9.94. The molecule has 3 heteroatoms. The molecule has 4 rings (SSSR count). The van der Waals surface area contributed by atoms with Gasteiger partial charge in [-0.2, -0.15) is 0 Å². The van der Waals surface area contributed by atoms with Gasteiger partial charge in [0.15, 0.2) is 0 Å². The summed E-state index contributed by atoms with van der Waals surface area (Å²) in [6.07, 6.45) is 7.92. The first kappa shape index (κ1) is 17.0. The number of carbonyl (C=O) groups excluding carboxylic acids is 1. The number of rotatable bonds is 1. The molecule has 0 bridgehead atoms. The molecule has 0 spiro atoms. The molecule has 0 amide bonds. The molecule has 0 aromatic rings. The van der Waals surface area contributed by atoms with Crippen molar-refractivity contribution in [2.24, 2.45) is 40.4 Å².